The van der Waals surface area contributed by atoms with Crippen molar-refractivity contribution in [2.45, 2.75) is 0 Å². The number of hydrogen-bond acceptors (Lipinski definition) is 4. The molecule has 0 fully saturated rings. The van der Waals surface area contributed by atoms with Gasteiger partial charge in [-0.2, -0.15) is 0 Å². The number of anilines is 1. The van der Waals surface area contributed by atoms with Crippen molar-refractivity contribution in [2.24, 2.45) is 0 Å². The van der Waals surface area contributed by atoms with E-state index in [0.29, 0.717) is 17.4 Å². The second kappa shape index (κ2) is 4.57. The van der Waals surface area contributed by atoms with E-state index in [1.54, 1.807) is 0 Å². The van der Waals surface area contributed by atoms with E-state index >= 15 is 0 Å². The van der Waals surface area contributed by atoms with E-state index in [4.69, 9.17) is 16.7 Å². The van der Waals surface area contributed by atoms with Crippen LogP contribution in [-0.2, 0) is 0 Å². The number of nitrogens with zero attached hydrogens (tertiary/aromatic N) is 2. The largest absolute Gasteiger partial charge is 0.476 e. The van der Waals surface area contributed by atoms with Crippen LogP contribution in [0.3, 0.4) is 0 Å². The molecule has 1 rings (SSSR count). The summed E-state index contributed by atoms with van der Waals surface area (Å²) in [6.07, 6.45) is 0. The Bertz CT molecular complexity index is 350. The number of nitrogens with one attached hydrogen (secondary N) is 1. The highest BCUT2D eigenvalue weighted by Crippen LogP contribution is 2.04. The van der Waals surface area contributed by atoms with Gasteiger partial charge in [0.2, 0.25) is 0 Å². The van der Waals surface area contributed by atoms with Gasteiger partial charge in [0, 0.05) is 5.03 Å². The molecule has 0 aliphatic heterocycles. The van der Waals surface area contributed by atoms with E-state index in [1.165, 1.54) is 12.1 Å². The van der Waals surface area contributed by atoms with Gasteiger partial charge >= 0.3 is 5.97 Å². The molecule has 74 valence electrons. The number of aromatic nitrogens is 2. The highest BCUT2D eigenvalue weighted by molar-refractivity contribution is 6.29. The summed E-state index contributed by atoms with van der Waals surface area (Å²) < 4.78 is 0. The molecule has 1 heterocycles. The second-order valence-electron chi connectivity index (χ2n) is 2.48. The fraction of sp³-hybridized carbons (Fsp3) is 0.125. The zero-order chi connectivity index (χ0) is 10.6. The smallest absolute Gasteiger partial charge is 0.356 e. The predicted octanol–water partition coefficient (Wildman–Crippen LogP) is 1.34. The fourth-order valence-electron chi connectivity index (χ4n) is 0.727. The maximum atomic E-state index is 10.4. The van der Waals surface area contributed by atoms with Crippen LogP contribution in [0, 0.1) is 0 Å². The van der Waals surface area contributed by atoms with Crippen molar-refractivity contribution in [3.63, 3.8) is 0 Å². The minimum atomic E-state index is -1.11. The first-order valence-corrected chi connectivity index (χ1v) is 4.11. The van der Waals surface area contributed by atoms with Gasteiger partial charge in [-0.25, -0.2) is 4.79 Å². The number of hydrogen-bond donors (Lipinski definition) is 2. The third-order valence-corrected chi connectivity index (χ3v) is 1.48. The summed E-state index contributed by atoms with van der Waals surface area (Å²) in [7, 11) is 0. The van der Waals surface area contributed by atoms with Crippen LogP contribution in [0.5, 0.6) is 0 Å². The first-order valence-electron chi connectivity index (χ1n) is 3.74. The minimum absolute atomic E-state index is 0.0970. The third-order valence-electron chi connectivity index (χ3n) is 1.34. The van der Waals surface area contributed by atoms with E-state index in [2.05, 4.69) is 22.1 Å². The predicted molar refractivity (Wildman–Crippen MR) is 52.5 cm³/mol. The summed E-state index contributed by atoms with van der Waals surface area (Å²) in [6.45, 7) is 3.84. The molecule has 1 aromatic rings. The fourth-order valence-corrected chi connectivity index (χ4v) is 0.794. The van der Waals surface area contributed by atoms with Gasteiger partial charge in [-0.3, -0.25) is 0 Å². The molecule has 6 heteroatoms. The summed E-state index contributed by atoms with van der Waals surface area (Å²) in [5.74, 6) is -0.650. The molecule has 5 nitrogen and oxygen atoms in total. The van der Waals surface area contributed by atoms with Crippen molar-refractivity contribution in [2.75, 3.05) is 11.9 Å². The van der Waals surface area contributed by atoms with Crippen LogP contribution in [0.4, 0.5) is 5.82 Å². The molecule has 2 N–H and O–H groups in total. The molecular formula is C8H8ClN3O2. The molecule has 0 unspecified atom stereocenters. The van der Waals surface area contributed by atoms with Gasteiger partial charge in [-0.15, -0.1) is 10.2 Å². The molecular weight excluding hydrogens is 206 g/mol. The summed E-state index contributed by atoms with van der Waals surface area (Å²) in [6, 6.07) is 2.87. The molecule has 0 bridgehead atoms. The Morgan fingerprint density at radius 2 is 2.29 bits per heavy atom. The number of carbonyl (C=O) groups is 1. The Balaban J connectivity index is 2.64. The van der Waals surface area contributed by atoms with Crippen LogP contribution in [-0.4, -0.2) is 27.8 Å². The number of carboxylic acids is 1. The first-order chi connectivity index (χ1) is 6.59. The van der Waals surface area contributed by atoms with E-state index < -0.39 is 5.97 Å². The molecule has 0 saturated carbocycles. The number of rotatable bonds is 4. The standard InChI is InChI=1S/C8H8ClN3O2/c1-5(9)4-10-7-3-2-6(8(13)14)11-12-7/h2-3H,1,4H2,(H,10,12)(H,13,14). The quantitative estimate of drug-likeness (QED) is 0.790. The molecule has 0 saturated heterocycles. The number of halogens is 1. The van der Waals surface area contributed by atoms with Gasteiger partial charge < -0.3 is 10.4 Å². The molecule has 0 atom stereocenters. The first kappa shape index (κ1) is 10.5. The van der Waals surface area contributed by atoms with Crippen LogP contribution in [0.2, 0.25) is 0 Å². The lowest BCUT2D eigenvalue weighted by Crippen LogP contribution is -2.06. The van der Waals surface area contributed by atoms with Crippen molar-refractivity contribution in [1.82, 2.24) is 10.2 Å². The van der Waals surface area contributed by atoms with Crippen molar-refractivity contribution in [1.29, 1.82) is 0 Å². The molecule has 0 radical (unpaired) electrons. The van der Waals surface area contributed by atoms with Crippen molar-refractivity contribution >= 4 is 23.4 Å². The molecule has 0 aromatic carbocycles. The normalized spacial score (nSPS) is 9.50. The van der Waals surface area contributed by atoms with Gasteiger partial charge in [0.05, 0.1) is 6.54 Å². The maximum absolute atomic E-state index is 10.4. The Morgan fingerprint density at radius 1 is 1.57 bits per heavy atom. The summed E-state index contributed by atoms with van der Waals surface area (Å²) >= 11 is 5.51. The summed E-state index contributed by atoms with van der Waals surface area (Å²) in [5.41, 5.74) is -0.0970. The molecule has 0 aliphatic rings. The Labute approximate surface area is 85.4 Å². The second-order valence-corrected chi connectivity index (χ2v) is 3.01. The maximum Gasteiger partial charge on any atom is 0.356 e. The zero-order valence-corrected chi connectivity index (χ0v) is 7.95. The average molecular weight is 214 g/mol. The summed E-state index contributed by atoms with van der Waals surface area (Å²) in [5, 5.41) is 18.9. The van der Waals surface area contributed by atoms with E-state index in [1.807, 2.05) is 0 Å². The zero-order valence-electron chi connectivity index (χ0n) is 7.20. The topological polar surface area (TPSA) is 75.1 Å². The molecule has 1 aromatic heterocycles. The van der Waals surface area contributed by atoms with E-state index in [9.17, 15) is 4.79 Å². The van der Waals surface area contributed by atoms with Crippen molar-refractivity contribution in [3.8, 4) is 0 Å². The minimum Gasteiger partial charge on any atom is -0.476 e. The number of carboxylic acid groups (broad SMARTS) is 1. The van der Waals surface area contributed by atoms with Gasteiger partial charge in [-0.1, -0.05) is 18.2 Å². The third kappa shape index (κ3) is 3.02. The van der Waals surface area contributed by atoms with E-state index in [-0.39, 0.29) is 5.69 Å². The molecule has 0 aliphatic carbocycles. The SMILES string of the molecule is C=C(Cl)CNc1ccc(C(=O)O)nn1. The Hall–Kier alpha value is -1.62. The molecule has 14 heavy (non-hydrogen) atoms. The monoisotopic (exact) mass is 213 g/mol. The molecule has 0 amide bonds. The van der Waals surface area contributed by atoms with Gasteiger partial charge in [0.15, 0.2) is 5.69 Å². The lowest BCUT2D eigenvalue weighted by molar-refractivity contribution is 0.0689. The average Bonchev–Trinajstić information content (AvgIpc) is 2.15. The van der Waals surface area contributed by atoms with Gasteiger partial charge in [0.1, 0.15) is 5.82 Å². The lowest BCUT2D eigenvalue weighted by atomic mass is 10.4. The Morgan fingerprint density at radius 3 is 2.71 bits per heavy atom. The number of aromatic carboxylic acids is 1. The highest BCUT2D eigenvalue weighted by Gasteiger charge is 2.04. The Kier molecular flexibility index (Phi) is 3.41. The van der Waals surface area contributed by atoms with Crippen molar-refractivity contribution < 1.29 is 9.90 Å². The van der Waals surface area contributed by atoms with Crippen LogP contribution >= 0.6 is 11.6 Å². The van der Waals surface area contributed by atoms with Gasteiger partial charge in [0.25, 0.3) is 0 Å². The van der Waals surface area contributed by atoms with Gasteiger partial charge in [-0.05, 0) is 12.1 Å². The van der Waals surface area contributed by atoms with Crippen molar-refractivity contribution in [3.05, 3.63) is 29.4 Å². The van der Waals surface area contributed by atoms with Crippen LogP contribution in [0.15, 0.2) is 23.7 Å². The van der Waals surface area contributed by atoms with Crippen LogP contribution in [0.25, 0.3) is 0 Å². The summed E-state index contributed by atoms with van der Waals surface area (Å²) in [4.78, 5) is 10.4. The lowest BCUT2D eigenvalue weighted by Gasteiger charge is -2.02. The molecule has 0 spiro atoms. The van der Waals surface area contributed by atoms with Crippen LogP contribution < -0.4 is 5.32 Å². The van der Waals surface area contributed by atoms with Crippen LogP contribution in [0.1, 0.15) is 10.5 Å². The van der Waals surface area contributed by atoms with E-state index in [0.717, 1.165) is 0 Å². The highest BCUT2D eigenvalue weighted by atomic mass is 35.5.